The Hall–Kier alpha value is -1.74. The van der Waals surface area contributed by atoms with Gasteiger partial charge in [0.25, 0.3) is 0 Å². The predicted octanol–water partition coefficient (Wildman–Crippen LogP) is 2.32. The highest BCUT2D eigenvalue weighted by atomic mass is 35.6. The molecular formula is C15H18Cl3N7O. The predicted molar refractivity (Wildman–Crippen MR) is 104 cm³/mol. The third kappa shape index (κ3) is 4.15. The van der Waals surface area contributed by atoms with Gasteiger partial charge < -0.3 is 14.5 Å². The van der Waals surface area contributed by atoms with Gasteiger partial charge in [-0.05, 0) is 12.1 Å². The summed E-state index contributed by atoms with van der Waals surface area (Å²) in [6.45, 7) is 2.90. The van der Waals surface area contributed by atoms with E-state index in [9.17, 15) is 0 Å². The third-order valence-electron chi connectivity index (χ3n) is 3.99. The topological polar surface area (TPSA) is 92.4 Å². The first-order valence-corrected chi connectivity index (χ1v) is 8.98. The highest BCUT2D eigenvalue weighted by molar-refractivity contribution is 6.66. The lowest BCUT2D eigenvalue weighted by Gasteiger charge is -2.36. The molecule has 0 spiro atoms. The van der Waals surface area contributed by atoms with Crippen LogP contribution in [0.3, 0.4) is 0 Å². The van der Waals surface area contributed by atoms with Gasteiger partial charge in [-0.1, -0.05) is 46.9 Å². The first-order valence-electron chi connectivity index (χ1n) is 7.85. The first-order chi connectivity index (χ1) is 12.4. The van der Waals surface area contributed by atoms with E-state index in [2.05, 4.69) is 25.3 Å². The van der Waals surface area contributed by atoms with E-state index in [4.69, 9.17) is 45.4 Å². The van der Waals surface area contributed by atoms with Gasteiger partial charge in [0.2, 0.25) is 15.7 Å². The molecule has 140 valence electrons. The van der Waals surface area contributed by atoms with Gasteiger partial charge in [0.05, 0.1) is 12.8 Å². The number of halogens is 3. The number of methoxy groups -OCH3 is 1. The van der Waals surface area contributed by atoms with Crippen molar-refractivity contribution in [3.05, 3.63) is 30.1 Å². The summed E-state index contributed by atoms with van der Waals surface area (Å²) in [6, 6.07) is 7.92. The smallest absolute Gasteiger partial charge is 0.250 e. The molecule has 1 aromatic heterocycles. The molecule has 0 aliphatic carbocycles. The Morgan fingerprint density at radius 2 is 1.69 bits per heavy atom. The summed E-state index contributed by atoms with van der Waals surface area (Å²) in [5.74, 6) is 6.83. The molecule has 1 aliphatic rings. The van der Waals surface area contributed by atoms with Gasteiger partial charge in [-0.25, -0.2) is 5.84 Å². The van der Waals surface area contributed by atoms with Crippen molar-refractivity contribution in [1.29, 1.82) is 0 Å². The van der Waals surface area contributed by atoms with Crippen molar-refractivity contribution in [2.24, 2.45) is 5.84 Å². The van der Waals surface area contributed by atoms with Crippen molar-refractivity contribution < 1.29 is 4.74 Å². The van der Waals surface area contributed by atoms with Gasteiger partial charge in [0.1, 0.15) is 5.75 Å². The fraction of sp³-hybridized carbons (Fsp3) is 0.400. The number of nitrogens with two attached hydrogens (primary N) is 1. The van der Waals surface area contributed by atoms with Gasteiger partial charge in [0, 0.05) is 26.2 Å². The Bertz CT molecular complexity index is 763. The quantitative estimate of drug-likeness (QED) is 0.444. The van der Waals surface area contributed by atoms with E-state index in [0.29, 0.717) is 19.0 Å². The second kappa shape index (κ2) is 7.87. The third-order valence-corrected chi connectivity index (χ3v) is 4.50. The summed E-state index contributed by atoms with van der Waals surface area (Å²) in [4.78, 5) is 16.8. The number of rotatable bonds is 4. The molecule has 0 saturated carbocycles. The molecule has 8 nitrogen and oxygen atoms in total. The van der Waals surface area contributed by atoms with Crippen LogP contribution in [0.2, 0.25) is 0 Å². The first kappa shape index (κ1) is 19.0. The minimum absolute atomic E-state index is 0.0209. The molecule has 2 aromatic rings. The van der Waals surface area contributed by atoms with Crippen molar-refractivity contribution in [3.8, 4) is 5.75 Å². The molecule has 0 atom stereocenters. The largest absolute Gasteiger partial charge is 0.495 e. The summed E-state index contributed by atoms with van der Waals surface area (Å²) >= 11 is 17.7. The normalized spacial score (nSPS) is 15.1. The number of ether oxygens (including phenoxy) is 1. The van der Waals surface area contributed by atoms with Crippen LogP contribution in [0.1, 0.15) is 5.82 Å². The number of nitrogens with zero attached hydrogens (tertiary/aromatic N) is 5. The number of hydrogen-bond acceptors (Lipinski definition) is 8. The molecule has 1 aromatic carbocycles. The Kier molecular flexibility index (Phi) is 5.76. The Morgan fingerprint density at radius 1 is 1.04 bits per heavy atom. The zero-order valence-electron chi connectivity index (χ0n) is 14.0. The standard InChI is InChI=1S/C15H18Cl3N7O/c1-26-11-5-3-2-4-10(11)24-6-8-25(9-7-24)14-21-12(15(16,17)18)20-13(22-14)23-19/h2-5H,6-9,19H2,1H3,(H,20,21,22,23). The maximum atomic E-state index is 5.90. The lowest BCUT2D eigenvalue weighted by atomic mass is 10.2. The second-order valence-corrected chi connectivity index (χ2v) is 7.85. The molecule has 3 N–H and O–H groups in total. The lowest BCUT2D eigenvalue weighted by Crippen LogP contribution is -2.47. The van der Waals surface area contributed by atoms with Crippen molar-refractivity contribution in [2.75, 3.05) is 48.5 Å². The van der Waals surface area contributed by atoms with Crippen molar-refractivity contribution in [2.45, 2.75) is 3.79 Å². The lowest BCUT2D eigenvalue weighted by molar-refractivity contribution is 0.413. The fourth-order valence-electron chi connectivity index (χ4n) is 2.74. The minimum atomic E-state index is -1.76. The number of piperazine rings is 1. The molecule has 3 rings (SSSR count). The Labute approximate surface area is 166 Å². The SMILES string of the molecule is COc1ccccc1N1CCN(c2nc(NN)nc(C(Cl)(Cl)Cl)n2)CC1. The van der Waals surface area contributed by atoms with Crippen LogP contribution in [0.25, 0.3) is 0 Å². The average molecular weight is 419 g/mol. The highest BCUT2D eigenvalue weighted by Crippen LogP contribution is 2.37. The van der Waals surface area contributed by atoms with Crippen LogP contribution in [0.4, 0.5) is 17.6 Å². The molecule has 26 heavy (non-hydrogen) atoms. The molecule has 1 saturated heterocycles. The fourth-order valence-corrected chi connectivity index (χ4v) is 2.99. The summed E-state index contributed by atoms with van der Waals surface area (Å²) < 4.78 is 3.68. The molecule has 1 aliphatic heterocycles. The molecule has 0 unspecified atom stereocenters. The van der Waals surface area contributed by atoms with Crippen molar-refractivity contribution in [3.63, 3.8) is 0 Å². The van der Waals surface area contributed by atoms with E-state index in [-0.39, 0.29) is 11.8 Å². The van der Waals surface area contributed by atoms with E-state index in [1.54, 1.807) is 7.11 Å². The minimum Gasteiger partial charge on any atom is -0.495 e. The summed E-state index contributed by atoms with van der Waals surface area (Å²) in [6.07, 6.45) is 0. The molecule has 0 amide bonds. The van der Waals surface area contributed by atoms with E-state index in [0.717, 1.165) is 24.5 Å². The van der Waals surface area contributed by atoms with Crippen LogP contribution in [-0.2, 0) is 3.79 Å². The Morgan fingerprint density at radius 3 is 2.31 bits per heavy atom. The van der Waals surface area contributed by atoms with Crippen LogP contribution in [-0.4, -0.2) is 48.2 Å². The van der Waals surface area contributed by atoms with Crippen LogP contribution in [0.15, 0.2) is 24.3 Å². The number of benzene rings is 1. The van der Waals surface area contributed by atoms with Crippen LogP contribution < -0.4 is 25.8 Å². The number of para-hydroxylation sites is 2. The van der Waals surface area contributed by atoms with E-state index in [1.807, 2.05) is 29.2 Å². The van der Waals surface area contributed by atoms with E-state index in [1.165, 1.54) is 0 Å². The number of hydrazine groups is 1. The number of hydrogen-bond donors (Lipinski definition) is 2. The monoisotopic (exact) mass is 417 g/mol. The van der Waals surface area contributed by atoms with Gasteiger partial charge in [-0.3, -0.25) is 5.43 Å². The molecular weight excluding hydrogens is 401 g/mol. The average Bonchev–Trinajstić information content (AvgIpc) is 2.67. The molecule has 0 bridgehead atoms. The maximum Gasteiger partial charge on any atom is 0.250 e. The van der Waals surface area contributed by atoms with Crippen LogP contribution >= 0.6 is 34.8 Å². The van der Waals surface area contributed by atoms with E-state index < -0.39 is 3.79 Å². The molecule has 2 heterocycles. The van der Waals surface area contributed by atoms with Gasteiger partial charge in [-0.15, -0.1) is 0 Å². The van der Waals surface area contributed by atoms with Gasteiger partial charge >= 0.3 is 0 Å². The van der Waals surface area contributed by atoms with E-state index >= 15 is 0 Å². The maximum absolute atomic E-state index is 5.90. The number of nitrogen functional groups attached to an aromatic ring is 1. The van der Waals surface area contributed by atoms with Gasteiger partial charge in [0.15, 0.2) is 5.82 Å². The molecule has 11 heteroatoms. The van der Waals surface area contributed by atoms with Crippen LogP contribution in [0.5, 0.6) is 5.75 Å². The zero-order valence-corrected chi connectivity index (χ0v) is 16.3. The summed E-state index contributed by atoms with van der Waals surface area (Å²) in [7, 11) is 1.67. The zero-order chi connectivity index (χ0) is 18.7. The summed E-state index contributed by atoms with van der Waals surface area (Å²) in [5, 5.41) is 0. The molecule has 1 fully saturated rings. The van der Waals surface area contributed by atoms with Crippen molar-refractivity contribution >= 4 is 52.4 Å². The van der Waals surface area contributed by atoms with Crippen LogP contribution in [0, 0.1) is 0 Å². The van der Waals surface area contributed by atoms with Gasteiger partial charge in [-0.2, -0.15) is 15.0 Å². The molecule has 0 radical (unpaired) electrons. The number of alkyl halides is 3. The van der Waals surface area contributed by atoms with Crippen molar-refractivity contribution in [1.82, 2.24) is 15.0 Å². The second-order valence-electron chi connectivity index (χ2n) is 5.57. The summed E-state index contributed by atoms with van der Waals surface area (Å²) in [5.41, 5.74) is 3.43. The highest BCUT2D eigenvalue weighted by Gasteiger charge is 2.30. The number of aromatic nitrogens is 3. The number of anilines is 3. The Balaban J connectivity index is 1.78. The number of nitrogens with one attached hydrogen (secondary N) is 1.